The van der Waals surface area contributed by atoms with Crippen molar-refractivity contribution in [2.75, 3.05) is 0 Å². The van der Waals surface area contributed by atoms with E-state index >= 15 is 0 Å². The van der Waals surface area contributed by atoms with Gasteiger partial charge in [0, 0.05) is 29.4 Å². The highest BCUT2D eigenvalue weighted by Gasteiger charge is 2.36. The minimum atomic E-state index is -4.76. The molecule has 0 spiro atoms. The number of pyridine rings is 1. The molecule has 2 heterocycles. The van der Waals surface area contributed by atoms with Crippen molar-refractivity contribution >= 4 is 21.4 Å². The Morgan fingerprint density at radius 2 is 1.85 bits per heavy atom. The molecule has 0 aliphatic rings. The lowest BCUT2D eigenvalue weighted by atomic mass is 10.2. The number of halogens is 3. The average molecular weight is 398 g/mol. The Morgan fingerprint density at radius 1 is 1.08 bits per heavy atom. The van der Waals surface area contributed by atoms with Crippen LogP contribution in [0.4, 0.5) is 13.2 Å². The van der Waals surface area contributed by atoms with Crippen molar-refractivity contribution in [2.45, 2.75) is 17.6 Å². The molecule has 2 aromatic heterocycles. The molecule has 0 atom stereocenters. The summed E-state index contributed by atoms with van der Waals surface area (Å²) < 4.78 is 66.1. The lowest BCUT2D eigenvalue weighted by Crippen LogP contribution is -2.26. The minimum Gasteiger partial charge on any atom is -0.264 e. The summed E-state index contributed by atoms with van der Waals surface area (Å²) in [7, 11) is -4.33. The minimum absolute atomic E-state index is 0.166. The molecule has 0 aliphatic heterocycles. The van der Waals surface area contributed by atoms with Gasteiger partial charge in [0.1, 0.15) is 0 Å². The Bertz CT molecular complexity index is 1000. The summed E-state index contributed by atoms with van der Waals surface area (Å²) >= 11 is 1.51. The summed E-state index contributed by atoms with van der Waals surface area (Å²) in [5, 5.41) is 1.90. The van der Waals surface area contributed by atoms with E-state index in [-0.39, 0.29) is 6.54 Å². The van der Waals surface area contributed by atoms with Crippen LogP contribution in [0.25, 0.3) is 10.4 Å². The second-order valence-electron chi connectivity index (χ2n) is 5.38. The molecule has 1 N–H and O–H groups in total. The highest BCUT2D eigenvalue weighted by molar-refractivity contribution is 7.89. The van der Waals surface area contributed by atoms with Crippen LogP contribution in [0.1, 0.15) is 11.1 Å². The second kappa shape index (κ2) is 7.18. The topological polar surface area (TPSA) is 59.1 Å². The van der Waals surface area contributed by atoms with Gasteiger partial charge >= 0.3 is 6.18 Å². The van der Waals surface area contributed by atoms with E-state index in [9.17, 15) is 21.6 Å². The summed E-state index contributed by atoms with van der Waals surface area (Å²) in [6, 6.07) is 9.60. The number of hydrogen-bond acceptors (Lipinski definition) is 4. The molecule has 0 fully saturated rings. The lowest BCUT2D eigenvalue weighted by Gasteiger charge is -2.13. The van der Waals surface area contributed by atoms with Crippen LogP contribution < -0.4 is 4.72 Å². The number of nitrogens with one attached hydrogen (secondary N) is 1. The Hall–Kier alpha value is -2.23. The molecular formula is C17H13F3N2O2S2. The van der Waals surface area contributed by atoms with Gasteiger partial charge < -0.3 is 0 Å². The first kappa shape index (κ1) is 18.6. The fourth-order valence-electron chi connectivity index (χ4n) is 2.35. The van der Waals surface area contributed by atoms with E-state index in [1.54, 1.807) is 12.3 Å². The molecule has 0 bridgehead atoms. The average Bonchev–Trinajstić information content (AvgIpc) is 3.14. The predicted octanol–water partition coefficient (Wildman–Crippen LogP) is 4.31. The van der Waals surface area contributed by atoms with Crippen LogP contribution >= 0.6 is 11.3 Å². The highest BCUT2D eigenvalue weighted by Crippen LogP contribution is 2.34. The first-order valence-electron chi connectivity index (χ1n) is 7.41. The van der Waals surface area contributed by atoms with E-state index in [2.05, 4.69) is 9.71 Å². The molecule has 4 nitrogen and oxygen atoms in total. The van der Waals surface area contributed by atoms with Gasteiger partial charge in [-0.25, -0.2) is 13.1 Å². The number of nitrogens with zero attached hydrogens (tertiary/aromatic N) is 1. The zero-order valence-electron chi connectivity index (χ0n) is 13.2. The number of benzene rings is 1. The van der Waals surface area contributed by atoms with Crippen molar-refractivity contribution in [3.8, 4) is 10.4 Å². The third-order valence-corrected chi connectivity index (χ3v) is 5.93. The fourth-order valence-corrected chi connectivity index (χ4v) is 4.30. The molecule has 9 heteroatoms. The molecule has 0 amide bonds. The van der Waals surface area contributed by atoms with Crippen LogP contribution in [0.5, 0.6) is 0 Å². The monoisotopic (exact) mass is 398 g/mol. The Balaban J connectivity index is 1.83. The van der Waals surface area contributed by atoms with Crippen molar-refractivity contribution in [1.29, 1.82) is 0 Å². The van der Waals surface area contributed by atoms with Gasteiger partial charge in [0.25, 0.3) is 0 Å². The maximum absolute atomic E-state index is 13.1. The zero-order valence-corrected chi connectivity index (χ0v) is 14.8. The Kier molecular flexibility index (Phi) is 5.12. The number of aromatic nitrogens is 1. The molecule has 0 aliphatic carbocycles. The van der Waals surface area contributed by atoms with Gasteiger partial charge in [-0.2, -0.15) is 13.2 Å². The molecule has 3 rings (SSSR count). The Morgan fingerprint density at radius 3 is 2.54 bits per heavy atom. The van der Waals surface area contributed by atoms with Gasteiger partial charge in [-0.3, -0.25) is 4.98 Å². The summed E-state index contributed by atoms with van der Waals surface area (Å²) in [4.78, 5) is 4.23. The van der Waals surface area contributed by atoms with Crippen LogP contribution in [0.3, 0.4) is 0 Å². The van der Waals surface area contributed by atoms with E-state index < -0.39 is 26.7 Å². The van der Waals surface area contributed by atoms with Crippen LogP contribution in [0.15, 0.2) is 65.1 Å². The van der Waals surface area contributed by atoms with Crippen LogP contribution in [-0.2, 0) is 22.7 Å². The maximum Gasteiger partial charge on any atom is 0.417 e. The van der Waals surface area contributed by atoms with E-state index in [1.165, 1.54) is 23.6 Å². The first-order chi connectivity index (χ1) is 12.3. The number of hydrogen-bond donors (Lipinski definition) is 1. The quantitative estimate of drug-likeness (QED) is 0.697. The van der Waals surface area contributed by atoms with E-state index in [0.717, 1.165) is 28.6 Å². The van der Waals surface area contributed by atoms with Crippen LogP contribution in [0, 0.1) is 0 Å². The SMILES string of the molecule is O=S(=O)(NCc1cncc(-c2cccs2)c1)c1ccccc1C(F)(F)F. The molecule has 0 saturated carbocycles. The third-order valence-electron chi connectivity index (χ3n) is 3.55. The van der Waals surface area contributed by atoms with Crippen molar-refractivity contribution < 1.29 is 21.6 Å². The maximum atomic E-state index is 13.1. The van der Waals surface area contributed by atoms with E-state index in [0.29, 0.717) is 5.56 Å². The van der Waals surface area contributed by atoms with Crippen molar-refractivity contribution in [3.63, 3.8) is 0 Å². The van der Waals surface area contributed by atoms with Gasteiger partial charge in [0.05, 0.1) is 10.5 Å². The fraction of sp³-hybridized carbons (Fsp3) is 0.118. The third kappa shape index (κ3) is 4.12. The summed E-state index contributed by atoms with van der Waals surface area (Å²) in [5.74, 6) is 0. The van der Waals surface area contributed by atoms with Crippen LogP contribution in [0.2, 0.25) is 0 Å². The van der Waals surface area contributed by atoms with Crippen LogP contribution in [-0.4, -0.2) is 13.4 Å². The van der Waals surface area contributed by atoms with E-state index in [4.69, 9.17) is 0 Å². The number of thiophene rings is 1. The molecule has 136 valence electrons. The molecule has 1 aromatic carbocycles. The molecule has 0 saturated heterocycles. The summed E-state index contributed by atoms with van der Waals surface area (Å²) in [6.07, 6.45) is -1.65. The summed E-state index contributed by atoms with van der Waals surface area (Å²) in [6.45, 7) is -0.166. The van der Waals surface area contributed by atoms with E-state index in [1.807, 2.05) is 17.5 Å². The number of rotatable bonds is 5. The normalized spacial score (nSPS) is 12.3. The molecule has 3 aromatic rings. The lowest BCUT2D eigenvalue weighted by molar-refractivity contribution is -0.139. The standard InChI is InChI=1S/C17H13F3N2O2S2/c18-17(19,20)14-4-1-2-6-16(14)26(23,24)22-10-12-8-13(11-21-9-12)15-5-3-7-25-15/h1-9,11,22H,10H2. The molecular weight excluding hydrogens is 385 g/mol. The smallest absolute Gasteiger partial charge is 0.264 e. The second-order valence-corrected chi connectivity index (χ2v) is 8.06. The zero-order chi connectivity index (χ0) is 18.8. The van der Waals surface area contributed by atoms with Gasteiger partial charge in [0.2, 0.25) is 10.0 Å². The van der Waals surface area contributed by atoms with Crippen molar-refractivity contribution in [3.05, 3.63) is 71.4 Å². The predicted molar refractivity (Wildman–Crippen MR) is 93.0 cm³/mol. The Labute approximate surface area is 152 Å². The number of sulfonamides is 1. The van der Waals surface area contributed by atoms with Crippen molar-refractivity contribution in [2.24, 2.45) is 0 Å². The first-order valence-corrected chi connectivity index (χ1v) is 9.77. The molecule has 0 radical (unpaired) electrons. The van der Waals surface area contributed by atoms with Crippen molar-refractivity contribution in [1.82, 2.24) is 9.71 Å². The van der Waals surface area contributed by atoms with Gasteiger partial charge in [0.15, 0.2) is 0 Å². The van der Waals surface area contributed by atoms with Gasteiger partial charge in [-0.15, -0.1) is 11.3 Å². The number of alkyl halides is 3. The molecule has 26 heavy (non-hydrogen) atoms. The van der Waals surface area contributed by atoms with Gasteiger partial charge in [-0.1, -0.05) is 18.2 Å². The molecule has 0 unspecified atom stereocenters. The highest BCUT2D eigenvalue weighted by atomic mass is 32.2. The van der Waals surface area contributed by atoms with Gasteiger partial charge in [-0.05, 0) is 35.2 Å². The largest absolute Gasteiger partial charge is 0.417 e. The summed E-state index contributed by atoms with van der Waals surface area (Å²) in [5.41, 5.74) is 0.161.